The number of hydrogen-bond donors (Lipinski definition) is 1. The van der Waals surface area contributed by atoms with Gasteiger partial charge in [-0.3, -0.25) is 0 Å². The molecule has 0 aliphatic heterocycles. The molecule has 0 aliphatic rings. The molecule has 0 aromatic carbocycles. The third-order valence-electron chi connectivity index (χ3n) is 2.74. The number of nitrogens with one attached hydrogen (secondary N) is 1. The van der Waals surface area contributed by atoms with Gasteiger partial charge in [0.2, 0.25) is 0 Å². The Morgan fingerprint density at radius 1 is 1.47 bits per heavy atom. The largest absolute Gasteiger partial charge is 0.372 e. The van der Waals surface area contributed by atoms with Crippen molar-refractivity contribution in [1.82, 2.24) is 10.3 Å². The lowest BCUT2D eigenvalue weighted by atomic mass is 10.1. The predicted octanol–water partition coefficient (Wildman–Crippen LogP) is 2.96. The van der Waals surface area contributed by atoms with Gasteiger partial charge in [0, 0.05) is 18.5 Å². The van der Waals surface area contributed by atoms with Gasteiger partial charge in [-0.2, -0.15) is 0 Å². The smallest absolute Gasteiger partial charge is 0.124 e. The number of aryl methyl sites for hydroxylation is 1. The number of ether oxygens (including phenoxy) is 1. The number of nitrogens with zero attached hydrogens (tertiary/aromatic N) is 1. The van der Waals surface area contributed by atoms with E-state index in [0.29, 0.717) is 6.04 Å². The highest BCUT2D eigenvalue weighted by molar-refractivity contribution is 7.09. The summed E-state index contributed by atoms with van der Waals surface area (Å²) in [5.74, 6) is 0. The number of thiazole rings is 1. The Kier molecular flexibility index (Phi) is 5.56. The van der Waals surface area contributed by atoms with Gasteiger partial charge in [-0.15, -0.1) is 11.3 Å². The fourth-order valence-electron chi connectivity index (χ4n) is 1.45. The molecule has 0 saturated heterocycles. The van der Waals surface area contributed by atoms with Crippen molar-refractivity contribution in [2.75, 3.05) is 13.7 Å². The molecule has 1 N–H and O–H groups in total. The summed E-state index contributed by atoms with van der Waals surface area (Å²) < 4.78 is 5.43. The van der Waals surface area contributed by atoms with Crippen LogP contribution >= 0.6 is 11.3 Å². The van der Waals surface area contributed by atoms with Crippen molar-refractivity contribution in [3.63, 3.8) is 0 Å². The molecule has 98 valence electrons. The fraction of sp³-hybridized carbons (Fsp3) is 0.769. The third-order valence-corrected chi connectivity index (χ3v) is 3.94. The first-order chi connectivity index (χ1) is 7.95. The summed E-state index contributed by atoms with van der Waals surface area (Å²) >= 11 is 1.69. The van der Waals surface area contributed by atoms with E-state index >= 15 is 0 Å². The highest BCUT2D eigenvalue weighted by atomic mass is 32.1. The Hall–Kier alpha value is -0.450. The van der Waals surface area contributed by atoms with Crippen LogP contribution < -0.4 is 5.32 Å². The van der Waals surface area contributed by atoms with E-state index in [9.17, 15) is 0 Å². The first-order valence-corrected chi connectivity index (χ1v) is 7.07. The van der Waals surface area contributed by atoms with E-state index in [0.717, 1.165) is 24.4 Å². The van der Waals surface area contributed by atoms with Crippen LogP contribution in [0.3, 0.4) is 0 Å². The van der Waals surface area contributed by atoms with Gasteiger partial charge >= 0.3 is 0 Å². The summed E-state index contributed by atoms with van der Waals surface area (Å²) in [6, 6.07) is 0.563. The van der Waals surface area contributed by atoms with Gasteiger partial charge in [0.15, 0.2) is 0 Å². The van der Waals surface area contributed by atoms with E-state index in [2.05, 4.69) is 43.4 Å². The number of hydrogen-bond acceptors (Lipinski definition) is 4. The standard InChI is InChI=1S/C13H24N2OS/c1-10(2)14-8-6-7-11-9-17-12(15-11)13(3,4)16-5/h9-10,14H,6-8H2,1-5H3. The minimum Gasteiger partial charge on any atom is -0.372 e. The van der Waals surface area contributed by atoms with Crippen molar-refractivity contribution in [2.24, 2.45) is 0 Å². The van der Waals surface area contributed by atoms with Crippen molar-refractivity contribution >= 4 is 11.3 Å². The molecule has 0 unspecified atom stereocenters. The molecule has 0 bridgehead atoms. The number of methoxy groups -OCH3 is 1. The molecule has 1 aromatic heterocycles. The Balaban J connectivity index is 2.41. The van der Waals surface area contributed by atoms with Crippen LogP contribution in [0.5, 0.6) is 0 Å². The highest BCUT2D eigenvalue weighted by Crippen LogP contribution is 2.27. The summed E-state index contributed by atoms with van der Waals surface area (Å²) in [7, 11) is 1.73. The predicted molar refractivity (Wildman–Crippen MR) is 73.6 cm³/mol. The Bertz CT molecular complexity index is 334. The van der Waals surface area contributed by atoms with Crippen molar-refractivity contribution in [3.8, 4) is 0 Å². The van der Waals surface area contributed by atoms with Crippen LogP contribution in [0.2, 0.25) is 0 Å². The van der Waals surface area contributed by atoms with Gasteiger partial charge in [-0.1, -0.05) is 13.8 Å². The van der Waals surface area contributed by atoms with Crippen LogP contribution in [0.25, 0.3) is 0 Å². The first kappa shape index (κ1) is 14.6. The van der Waals surface area contributed by atoms with Gasteiger partial charge in [-0.05, 0) is 33.2 Å². The lowest BCUT2D eigenvalue weighted by molar-refractivity contribution is 0.0189. The van der Waals surface area contributed by atoms with Crippen molar-refractivity contribution in [1.29, 1.82) is 0 Å². The molecule has 0 aliphatic carbocycles. The van der Waals surface area contributed by atoms with Crippen LogP contribution in [0, 0.1) is 0 Å². The maximum absolute atomic E-state index is 5.43. The molecule has 0 radical (unpaired) electrons. The summed E-state index contributed by atoms with van der Waals surface area (Å²) in [6.07, 6.45) is 2.17. The van der Waals surface area contributed by atoms with Crippen molar-refractivity contribution < 1.29 is 4.74 Å². The van der Waals surface area contributed by atoms with E-state index in [-0.39, 0.29) is 5.60 Å². The molecule has 1 heterocycles. The minimum atomic E-state index is -0.265. The number of rotatable bonds is 7. The first-order valence-electron chi connectivity index (χ1n) is 6.19. The zero-order valence-electron chi connectivity index (χ0n) is 11.5. The molecule has 4 heteroatoms. The van der Waals surface area contributed by atoms with Gasteiger partial charge in [-0.25, -0.2) is 4.98 Å². The molecule has 1 aromatic rings. The quantitative estimate of drug-likeness (QED) is 0.762. The molecule has 3 nitrogen and oxygen atoms in total. The maximum Gasteiger partial charge on any atom is 0.124 e. The Morgan fingerprint density at radius 2 is 2.18 bits per heavy atom. The van der Waals surface area contributed by atoms with E-state index in [4.69, 9.17) is 4.74 Å². The second-order valence-electron chi connectivity index (χ2n) is 5.07. The van der Waals surface area contributed by atoms with E-state index in [1.54, 1.807) is 18.4 Å². The van der Waals surface area contributed by atoms with Crippen molar-refractivity contribution in [2.45, 2.75) is 52.2 Å². The molecular formula is C13H24N2OS. The molecule has 17 heavy (non-hydrogen) atoms. The second-order valence-corrected chi connectivity index (χ2v) is 5.93. The average Bonchev–Trinajstić information content (AvgIpc) is 2.73. The van der Waals surface area contributed by atoms with Gasteiger partial charge in [0.05, 0.1) is 5.69 Å². The minimum absolute atomic E-state index is 0.265. The monoisotopic (exact) mass is 256 g/mol. The summed E-state index contributed by atoms with van der Waals surface area (Å²) in [5.41, 5.74) is 0.916. The molecule has 0 fully saturated rings. The molecule has 0 atom stereocenters. The summed E-state index contributed by atoms with van der Waals surface area (Å²) in [4.78, 5) is 4.64. The fourth-order valence-corrected chi connectivity index (χ4v) is 2.40. The zero-order valence-corrected chi connectivity index (χ0v) is 12.4. The van der Waals surface area contributed by atoms with E-state index in [1.807, 2.05) is 0 Å². The molecule has 0 amide bonds. The van der Waals surface area contributed by atoms with E-state index in [1.165, 1.54) is 5.69 Å². The molecule has 0 saturated carbocycles. The average molecular weight is 256 g/mol. The van der Waals surface area contributed by atoms with Crippen LogP contribution in [0.15, 0.2) is 5.38 Å². The summed E-state index contributed by atoms with van der Waals surface area (Å²) in [6.45, 7) is 9.49. The Morgan fingerprint density at radius 3 is 2.76 bits per heavy atom. The van der Waals surface area contributed by atoms with Gasteiger partial charge in [0.1, 0.15) is 10.6 Å². The number of aromatic nitrogens is 1. The van der Waals surface area contributed by atoms with Gasteiger partial charge in [0.25, 0.3) is 0 Å². The van der Waals surface area contributed by atoms with Crippen LogP contribution in [0.1, 0.15) is 44.8 Å². The topological polar surface area (TPSA) is 34.1 Å². The molecule has 0 spiro atoms. The van der Waals surface area contributed by atoms with Crippen LogP contribution in [-0.2, 0) is 16.8 Å². The normalized spacial score (nSPS) is 12.4. The molecular weight excluding hydrogens is 232 g/mol. The van der Waals surface area contributed by atoms with Crippen molar-refractivity contribution in [3.05, 3.63) is 16.1 Å². The van der Waals surface area contributed by atoms with E-state index < -0.39 is 0 Å². The molecule has 1 rings (SSSR count). The third kappa shape index (κ3) is 4.74. The Labute approximate surface area is 109 Å². The lowest BCUT2D eigenvalue weighted by Gasteiger charge is -2.19. The zero-order chi connectivity index (χ0) is 12.9. The lowest BCUT2D eigenvalue weighted by Crippen LogP contribution is -2.24. The van der Waals surface area contributed by atoms with Crippen LogP contribution in [0.4, 0.5) is 0 Å². The SMILES string of the molecule is COC(C)(C)c1nc(CCCNC(C)C)cs1. The van der Waals surface area contributed by atoms with Crippen LogP contribution in [-0.4, -0.2) is 24.7 Å². The van der Waals surface area contributed by atoms with Gasteiger partial charge < -0.3 is 10.1 Å². The second kappa shape index (κ2) is 6.47. The summed E-state index contributed by atoms with van der Waals surface area (Å²) in [5, 5.41) is 6.62. The maximum atomic E-state index is 5.43. The highest BCUT2D eigenvalue weighted by Gasteiger charge is 2.23.